The Hall–Kier alpha value is -2.45. The van der Waals surface area contributed by atoms with Gasteiger partial charge in [-0.25, -0.2) is 0 Å². The molecule has 0 N–H and O–H groups in total. The average molecular weight is 489 g/mol. The molecule has 0 aliphatic carbocycles. The molecule has 34 heavy (non-hydrogen) atoms. The van der Waals surface area contributed by atoms with E-state index in [-0.39, 0.29) is 30.7 Å². The lowest BCUT2D eigenvalue weighted by atomic mass is 9.74. The van der Waals surface area contributed by atoms with Crippen molar-refractivity contribution in [3.63, 3.8) is 0 Å². The highest BCUT2D eigenvalue weighted by molar-refractivity contribution is 7.12. The number of thiophene rings is 1. The first-order valence-corrected chi connectivity index (χ1v) is 12.4. The van der Waals surface area contributed by atoms with Crippen molar-refractivity contribution >= 4 is 17.2 Å². The molecular weight excluding hydrogens is 452 g/mol. The predicted molar refractivity (Wildman–Crippen MR) is 137 cm³/mol. The van der Waals surface area contributed by atoms with E-state index >= 15 is 0 Å². The minimum absolute atomic E-state index is 0.171. The highest BCUT2D eigenvalue weighted by Gasteiger charge is 2.33. The van der Waals surface area contributed by atoms with E-state index in [1.807, 2.05) is 40.7 Å². The number of hydrogen-bond acceptors (Lipinski definition) is 7. The molecule has 1 heterocycles. The minimum Gasteiger partial charge on any atom is -0.491 e. The van der Waals surface area contributed by atoms with Crippen LogP contribution in [0.5, 0.6) is 5.75 Å². The lowest BCUT2D eigenvalue weighted by Crippen LogP contribution is -2.30. The third-order valence-electron chi connectivity index (χ3n) is 6.51. The average Bonchev–Trinajstić information content (AvgIpc) is 3.16. The van der Waals surface area contributed by atoms with Crippen molar-refractivity contribution in [2.45, 2.75) is 79.4 Å². The van der Waals surface area contributed by atoms with Gasteiger partial charge in [0.25, 0.3) is 0 Å². The second-order valence-electron chi connectivity index (χ2n) is 9.76. The van der Waals surface area contributed by atoms with Crippen LogP contribution in [0.25, 0.3) is 0 Å². The van der Waals surface area contributed by atoms with Crippen molar-refractivity contribution in [2.24, 2.45) is 15.8 Å². The topological polar surface area (TPSA) is 94.4 Å². The molecule has 0 saturated carbocycles. The summed E-state index contributed by atoms with van der Waals surface area (Å²) >= 11 is 1.68. The van der Waals surface area contributed by atoms with E-state index in [1.165, 1.54) is 10.4 Å². The second kappa shape index (κ2) is 11.8. The van der Waals surface area contributed by atoms with Gasteiger partial charge in [0.05, 0.1) is 6.61 Å². The first-order chi connectivity index (χ1) is 16.0. The summed E-state index contributed by atoms with van der Waals surface area (Å²) in [7, 11) is 0. The molecule has 1 unspecified atom stereocenters. The fourth-order valence-electron chi connectivity index (χ4n) is 4.02. The Bertz CT molecular complexity index is 1010. The Morgan fingerprint density at radius 2 is 1.74 bits per heavy atom. The predicted octanol–water partition coefficient (Wildman–Crippen LogP) is 6.84. The van der Waals surface area contributed by atoms with Gasteiger partial charge in [-0.15, -0.1) is 16.2 Å². The number of ether oxygens (including phenoxy) is 2. The van der Waals surface area contributed by atoms with Crippen molar-refractivity contribution in [1.82, 2.24) is 0 Å². The van der Waals surface area contributed by atoms with Gasteiger partial charge in [0, 0.05) is 20.3 Å². The van der Waals surface area contributed by atoms with Crippen LogP contribution in [0.1, 0.15) is 73.9 Å². The Balaban J connectivity index is 2.29. The summed E-state index contributed by atoms with van der Waals surface area (Å²) in [5.74, 6) is -0.0471. The third kappa shape index (κ3) is 6.36. The van der Waals surface area contributed by atoms with Crippen LogP contribution >= 0.6 is 11.3 Å². The van der Waals surface area contributed by atoms with E-state index in [1.54, 1.807) is 11.3 Å². The minimum atomic E-state index is -0.804. The fraction of sp³-hybridized carbons (Fsp3) is 0.577. The Morgan fingerprint density at radius 1 is 1.06 bits per heavy atom. The number of nitroso groups, excluding NO2 is 2. The van der Waals surface area contributed by atoms with E-state index in [9.17, 15) is 14.6 Å². The summed E-state index contributed by atoms with van der Waals surface area (Å²) in [6.07, 6.45) is 1.83. The van der Waals surface area contributed by atoms with Gasteiger partial charge in [0.15, 0.2) is 0 Å². The first-order valence-electron chi connectivity index (χ1n) is 11.6. The van der Waals surface area contributed by atoms with Crippen LogP contribution in [0.15, 0.2) is 34.6 Å². The molecule has 2 aromatic rings. The highest BCUT2D eigenvalue weighted by Crippen LogP contribution is 2.44. The number of nitrogens with zero attached hydrogens (tertiary/aromatic N) is 2. The highest BCUT2D eigenvalue weighted by atomic mass is 32.1. The zero-order valence-corrected chi connectivity index (χ0v) is 22.1. The molecule has 186 valence electrons. The van der Waals surface area contributed by atoms with Crippen LogP contribution in [-0.2, 0) is 21.6 Å². The van der Waals surface area contributed by atoms with Crippen molar-refractivity contribution in [1.29, 1.82) is 0 Å². The number of aryl methyl sites for hydroxylation is 2. The maximum Gasteiger partial charge on any atom is 0.311 e. The van der Waals surface area contributed by atoms with Gasteiger partial charge in [-0.1, -0.05) is 51.9 Å². The van der Waals surface area contributed by atoms with Crippen molar-refractivity contribution in [2.75, 3.05) is 13.2 Å². The zero-order valence-electron chi connectivity index (χ0n) is 21.3. The van der Waals surface area contributed by atoms with Crippen molar-refractivity contribution in [3.8, 4) is 5.75 Å². The maximum atomic E-state index is 11.2. The van der Waals surface area contributed by atoms with Crippen LogP contribution in [0.4, 0.5) is 0 Å². The summed E-state index contributed by atoms with van der Waals surface area (Å²) in [4.78, 5) is 34.9. The first kappa shape index (κ1) is 27.8. The molecule has 2 rings (SSSR count). The van der Waals surface area contributed by atoms with Gasteiger partial charge in [0.1, 0.15) is 25.0 Å². The molecule has 0 aliphatic heterocycles. The summed E-state index contributed by atoms with van der Waals surface area (Å²) in [5, 5.41) is 5.62. The zero-order chi connectivity index (χ0) is 25.5. The largest absolute Gasteiger partial charge is 0.491 e. The normalized spacial score (nSPS) is 12.9. The van der Waals surface area contributed by atoms with E-state index in [0.29, 0.717) is 0 Å². The number of carbonyl (C=O) groups is 1. The lowest BCUT2D eigenvalue weighted by molar-refractivity contribution is -0.122. The van der Waals surface area contributed by atoms with Gasteiger partial charge in [0.2, 0.25) is 0 Å². The summed E-state index contributed by atoms with van der Waals surface area (Å²) in [6, 6.07) is 8.03. The summed E-state index contributed by atoms with van der Waals surface area (Å²) in [5.41, 5.74) is 2.89. The van der Waals surface area contributed by atoms with Gasteiger partial charge < -0.3 is 9.47 Å². The van der Waals surface area contributed by atoms with Crippen LogP contribution in [-0.4, -0.2) is 25.2 Å². The Morgan fingerprint density at radius 3 is 2.26 bits per heavy atom. The molecule has 0 aliphatic rings. The van der Waals surface area contributed by atoms with E-state index in [0.717, 1.165) is 34.6 Å². The molecule has 0 saturated heterocycles. The maximum absolute atomic E-state index is 11.2. The van der Waals surface area contributed by atoms with Gasteiger partial charge in [-0.05, 0) is 60.9 Å². The Labute approximate surface area is 206 Å². The molecule has 8 heteroatoms. The lowest BCUT2D eigenvalue weighted by Gasteiger charge is -2.32. The molecule has 0 bridgehead atoms. The quantitative estimate of drug-likeness (QED) is 0.305. The number of benzene rings is 1. The second-order valence-corrected chi connectivity index (χ2v) is 10.9. The molecule has 1 atom stereocenters. The third-order valence-corrected chi connectivity index (χ3v) is 7.93. The summed E-state index contributed by atoms with van der Waals surface area (Å²) < 4.78 is 11.4. The number of hydrogen-bond donors (Lipinski definition) is 0. The molecule has 1 aromatic heterocycles. The fourth-order valence-corrected chi connectivity index (χ4v) is 5.49. The molecule has 7 nitrogen and oxygen atoms in total. The number of amides is 1. The molecule has 0 spiro atoms. The van der Waals surface area contributed by atoms with Gasteiger partial charge in [-0.2, -0.15) is 4.91 Å². The summed E-state index contributed by atoms with van der Waals surface area (Å²) in [6.45, 7) is 14.6. The van der Waals surface area contributed by atoms with E-state index < -0.39 is 11.9 Å². The molecule has 0 radical (unpaired) electrons. The van der Waals surface area contributed by atoms with Crippen LogP contribution in [0.2, 0.25) is 0 Å². The smallest absolute Gasteiger partial charge is 0.311 e. The van der Waals surface area contributed by atoms with E-state index in [2.05, 4.69) is 42.4 Å². The van der Waals surface area contributed by atoms with Crippen LogP contribution < -0.4 is 4.74 Å². The van der Waals surface area contributed by atoms with E-state index in [4.69, 9.17) is 9.47 Å². The van der Waals surface area contributed by atoms with Crippen molar-refractivity contribution < 1.29 is 14.3 Å². The van der Waals surface area contributed by atoms with Crippen LogP contribution in [0, 0.1) is 29.1 Å². The van der Waals surface area contributed by atoms with Crippen molar-refractivity contribution in [3.05, 3.63) is 60.5 Å². The standard InChI is InChI=1S/C26H36N2O5S/c1-8-26(9-2,23-13-18(4)21(34-23)14-32-16-24(29)28-31)19-10-11-20(17(3)12-19)33-15-22(27-30)25(5,6)7/h10-13,22H,8-9,14-16H2,1-7H3. The molecule has 1 aromatic carbocycles. The Kier molecular flexibility index (Phi) is 9.64. The monoisotopic (exact) mass is 488 g/mol. The number of carbonyl (C=O) groups excluding carboxylic acids is 1. The molecule has 1 amide bonds. The molecular formula is C26H36N2O5S. The molecule has 0 fully saturated rings. The van der Waals surface area contributed by atoms with Gasteiger partial charge in [-0.3, -0.25) is 4.79 Å². The SMILES string of the molecule is CCC(CC)(c1ccc(OCC(N=O)C(C)(C)C)c(C)c1)c1cc(C)c(COCC(=O)N=O)s1. The number of rotatable bonds is 12. The van der Waals surface area contributed by atoms with Crippen LogP contribution in [0.3, 0.4) is 0 Å². The van der Waals surface area contributed by atoms with Gasteiger partial charge >= 0.3 is 5.91 Å².